The lowest BCUT2D eigenvalue weighted by Crippen LogP contribution is -2.57. The second-order valence-corrected chi connectivity index (χ2v) is 5.15. The van der Waals surface area contributed by atoms with Crippen molar-refractivity contribution in [2.75, 3.05) is 33.7 Å². The van der Waals surface area contributed by atoms with Gasteiger partial charge in [-0.15, -0.1) is 0 Å². The van der Waals surface area contributed by atoms with Gasteiger partial charge in [0, 0.05) is 25.0 Å². The highest BCUT2D eigenvalue weighted by Gasteiger charge is 2.38. The molecule has 0 aromatic heterocycles. The van der Waals surface area contributed by atoms with Gasteiger partial charge >= 0.3 is 0 Å². The zero-order valence-corrected chi connectivity index (χ0v) is 9.65. The van der Waals surface area contributed by atoms with E-state index in [9.17, 15) is 4.79 Å². The van der Waals surface area contributed by atoms with Crippen LogP contribution in [0, 0.1) is 11.8 Å². The average Bonchev–Trinajstić information content (AvgIpc) is 2.14. The van der Waals surface area contributed by atoms with Crippen molar-refractivity contribution in [1.29, 1.82) is 0 Å². The van der Waals surface area contributed by atoms with Gasteiger partial charge < -0.3 is 15.5 Å². The first-order chi connectivity index (χ1) is 7.08. The summed E-state index contributed by atoms with van der Waals surface area (Å²) in [7, 11) is 4.31. The molecule has 0 aliphatic carbocycles. The first kappa shape index (κ1) is 10.9. The summed E-state index contributed by atoms with van der Waals surface area (Å²) in [6, 6.07) is 0.562. The molecule has 2 aliphatic heterocycles. The van der Waals surface area contributed by atoms with Crippen molar-refractivity contribution in [2.24, 2.45) is 17.6 Å². The van der Waals surface area contributed by atoms with Gasteiger partial charge in [0.05, 0.1) is 0 Å². The third-order valence-electron chi connectivity index (χ3n) is 3.96. The standard InChI is InChI=1S/C11H21N3O/c1-13-6-9(7-13)10-5-8(11(12)15)3-4-14(10)2/h8-10H,3-7H2,1-2H3,(H2,12,15). The van der Waals surface area contributed by atoms with E-state index in [1.807, 2.05) is 0 Å². The van der Waals surface area contributed by atoms with Crippen molar-refractivity contribution in [3.63, 3.8) is 0 Å². The Balaban J connectivity index is 1.93. The number of likely N-dealkylation sites (tertiary alicyclic amines) is 2. The van der Waals surface area contributed by atoms with Gasteiger partial charge in [-0.25, -0.2) is 0 Å². The van der Waals surface area contributed by atoms with E-state index < -0.39 is 0 Å². The van der Waals surface area contributed by atoms with E-state index in [0.717, 1.165) is 25.3 Å². The summed E-state index contributed by atoms with van der Waals surface area (Å²) in [4.78, 5) is 15.9. The van der Waals surface area contributed by atoms with Crippen LogP contribution in [0.2, 0.25) is 0 Å². The van der Waals surface area contributed by atoms with E-state index in [1.165, 1.54) is 13.1 Å². The zero-order chi connectivity index (χ0) is 11.0. The van der Waals surface area contributed by atoms with Gasteiger partial charge in [0.1, 0.15) is 0 Å². The highest BCUT2D eigenvalue weighted by atomic mass is 16.1. The lowest BCUT2D eigenvalue weighted by atomic mass is 9.81. The molecule has 2 rings (SSSR count). The molecule has 2 heterocycles. The molecular weight excluding hydrogens is 190 g/mol. The minimum absolute atomic E-state index is 0.108. The van der Waals surface area contributed by atoms with Gasteiger partial charge in [-0.1, -0.05) is 0 Å². The Kier molecular flexibility index (Phi) is 2.98. The van der Waals surface area contributed by atoms with Crippen LogP contribution in [0.4, 0.5) is 0 Å². The average molecular weight is 211 g/mol. The fourth-order valence-electron chi connectivity index (χ4n) is 2.92. The van der Waals surface area contributed by atoms with Crippen LogP contribution in [0.1, 0.15) is 12.8 Å². The molecular formula is C11H21N3O. The molecule has 4 nitrogen and oxygen atoms in total. The van der Waals surface area contributed by atoms with Gasteiger partial charge in [-0.3, -0.25) is 4.79 Å². The molecule has 0 aromatic rings. The van der Waals surface area contributed by atoms with E-state index >= 15 is 0 Å². The monoisotopic (exact) mass is 211 g/mol. The minimum Gasteiger partial charge on any atom is -0.369 e. The van der Waals surface area contributed by atoms with Gasteiger partial charge in [0.2, 0.25) is 5.91 Å². The molecule has 2 aliphatic rings. The predicted octanol–water partition coefficient (Wildman–Crippen LogP) is -0.256. The highest BCUT2D eigenvalue weighted by Crippen LogP contribution is 2.30. The number of hydrogen-bond acceptors (Lipinski definition) is 3. The second-order valence-electron chi connectivity index (χ2n) is 5.15. The lowest BCUT2D eigenvalue weighted by Gasteiger charge is -2.47. The molecule has 2 unspecified atom stereocenters. The first-order valence-corrected chi connectivity index (χ1v) is 5.76. The Morgan fingerprint density at radius 2 is 2.00 bits per heavy atom. The van der Waals surface area contributed by atoms with Crippen LogP contribution < -0.4 is 5.73 Å². The zero-order valence-electron chi connectivity index (χ0n) is 9.65. The van der Waals surface area contributed by atoms with Crippen molar-refractivity contribution in [1.82, 2.24) is 9.80 Å². The van der Waals surface area contributed by atoms with Gasteiger partial charge in [0.25, 0.3) is 0 Å². The Labute approximate surface area is 91.4 Å². The highest BCUT2D eigenvalue weighted by molar-refractivity contribution is 5.76. The summed E-state index contributed by atoms with van der Waals surface area (Å²) in [6.07, 6.45) is 1.90. The molecule has 1 amide bonds. The van der Waals surface area contributed by atoms with Crippen LogP contribution in [-0.2, 0) is 4.79 Å². The number of hydrogen-bond donors (Lipinski definition) is 1. The Morgan fingerprint density at radius 3 is 2.53 bits per heavy atom. The van der Waals surface area contributed by atoms with E-state index in [1.54, 1.807) is 0 Å². The van der Waals surface area contributed by atoms with Crippen molar-refractivity contribution < 1.29 is 4.79 Å². The largest absolute Gasteiger partial charge is 0.369 e. The summed E-state index contributed by atoms with van der Waals surface area (Å²) in [5.41, 5.74) is 5.39. The fourth-order valence-corrected chi connectivity index (χ4v) is 2.92. The van der Waals surface area contributed by atoms with E-state index in [0.29, 0.717) is 6.04 Å². The Bertz CT molecular complexity index is 250. The quantitative estimate of drug-likeness (QED) is 0.685. The smallest absolute Gasteiger partial charge is 0.220 e. The number of nitrogens with zero attached hydrogens (tertiary/aromatic N) is 2. The molecule has 2 atom stereocenters. The molecule has 0 saturated carbocycles. The van der Waals surface area contributed by atoms with Crippen LogP contribution >= 0.6 is 0 Å². The third-order valence-corrected chi connectivity index (χ3v) is 3.96. The van der Waals surface area contributed by atoms with E-state index in [4.69, 9.17) is 5.73 Å². The molecule has 4 heteroatoms. The fraction of sp³-hybridized carbons (Fsp3) is 0.909. The molecule has 86 valence electrons. The maximum Gasteiger partial charge on any atom is 0.220 e. The number of carbonyl (C=O) groups excluding carboxylic acids is 1. The van der Waals surface area contributed by atoms with Crippen molar-refractivity contribution in [3.8, 4) is 0 Å². The van der Waals surface area contributed by atoms with E-state index in [-0.39, 0.29) is 11.8 Å². The molecule has 0 spiro atoms. The molecule has 2 N–H and O–H groups in total. The molecule has 15 heavy (non-hydrogen) atoms. The van der Waals surface area contributed by atoms with Gasteiger partial charge in [-0.05, 0) is 39.4 Å². The Hall–Kier alpha value is -0.610. The van der Waals surface area contributed by atoms with Crippen LogP contribution in [0.3, 0.4) is 0 Å². The van der Waals surface area contributed by atoms with Crippen molar-refractivity contribution >= 4 is 5.91 Å². The normalized spacial score (nSPS) is 35.1. The second kappa shape index (κ2) is 4.10. The van der Waals surface area contributed by atoms with Crippen LogP contribution in [-0.4, -0.2) is 55.5 Å². The van der Waals surface area contributed by atoms with Gasteiger partial charge in [-0.2, -0.15) is 0 Å². The third kappa shape index (κ3) is 2.16. The molecule has 0 radical (unpaired) electrons. The van der Waals surface area contributed by atoms with Crippen LogP contribution in [0.5, 0.6) is 0 Å². The maximum atomic E-state index is 11.2. The summed E-state index contributed by atoms with van der Waals surface area (Å²) < 4.78 is 0. The number of amides is 1. The van der Waals surface area contributed by atoms with Gasteiger partial charge in [0.15, 0.2) is 0 Å². The molecule has 2 fully saturated rings. The SMILES string of the molecule is CN1CC(C2CC(C(N)=O)CCN2C)C1. The number of carbonyl (C=O) groups is 1. The lowest BCUT2D eigenvalue weighted by molar-refractivity contribution is -0.124. The summed E-state index contributed by atoms with van der Waals surface area (Å²) >= 11 is 0. The summed E-state index contributed by atoms with van der Waals surface area (Å²) in [6.45, 7) is 3.35. The summed E-state index contributed by atoms with van der Waals surface area (Å²) in [5, 5.41) is 0. The molecule has 2 saturated heterocycles. The van der Waals surface area contributed by atoms with E-state index in [2.05, 4.69) is 23.9 Å². The predicted molar refractivity (Wildman–Crippen MR) is 59.3 cm³/mol. The van der Waals surface area contributed by atoms with Crippen LogP contribution in [0.25, 0.3) is 0 Å². The number of piperidine rings is 1. The minimum atomic E-state index is -0.110. The molecule has 0 aromatic carbocycles. The maximum absolute atomic E-state index is 11.2. The number of nitrogens with two attached hydrogens (primary N) is 1. The summed E-state index contributed by atoms with van der Waals surface area (Å²) in [5.74, 6) is 0.736. The topological polar surface area (TPSA) is 49.6 Å². The molecule has 0 bridgehead atoms. The van der Waals surface area contributed by atoms with Crippen molar-refractivity contribution in [2.45, 2.75) is 18.9 Å². The van der Waals surface area contributed by atoms with Crippen LogP contribution in [0.15, 0.2) is 0 Å². The Morgan fingerprint density at radius 1 is 1.33 bits per heavy atom. The number of rotatable bonds is 2. The van der Waals surface area contributed by atoms with Crippen molar-refractivity contribution in [3.05, 3.63) is 0 Å². The number of primary amides is 1. The first-order valence-electron chi connectivity index (χ1n) is 5.76.